The molecule has 0 fully saturated rings. The largest absolute Gasteiger partial charge is 0.429 e. The van der Waals surface area contributed by atoms with E-state index in [4.69, 9.17) is 0 Å². The molecule has 0 aliphatic carbocycles. The van der Waals surface area contributed by atoms with Crippen LogP contribution in [0.3, 0.4) is 0 Å². The number of hydrogen-bond donors (Lipinski definition) is 0. The zero-order valence-electron chi connectivity index (χ0n) is 18.4. The fraction of sp³-hybridized carbons (Fsp3) is 0.0769. The van der Waals surface area contributed by atoms with Crippen molar-refractivity contribution in [3.63, 3.8) is 0 Å². The van der Waals surface area contributed by atoms with Crippen molar-refractivity contribution in [1.82, 2.24) is 0 Å². The van der Waals surface area contributed by atoms with Crippen molar-refractivity contribution in [3.8, 4) is 28.0 Å². The van der Waals surface area contributed by atoms with Crippen LogP contribution in [0, 0.1) is 53.5 Å². The maximum absolute atomic E-state index is 14.7. The van der Waals surface area contributed by atoms with Crippen LogP contribution >= 0.6 is 0 Å². The number of ether oxygens (including phenoxy) is 1. The van der Waals surface area contributed by atoms with Crippen LogP contribution < -0.4 is 4.74 Å². The molecule has 37 heavy (non-hydrogen) atoms. The van der Waals surface area contributed by atoms with Gasteiger partial charge in [-0.1, -0.05) is 18.2 Å². The van der Waals surface area contributed by atoms with E-state index in [0.29, 0.717) is 30.3 Å². The number of halogens is 10. The summed E-state index contributed by atoms with van der Waals surface area (Å²) in [7, 11) is 0. The molecule has 0 unspecified atom stereocenters. The van der Waals surface area contributed by atoms with Crippen molar-refractivity contribution in [3.05, 3.63) is 112 Å². The molecule has 4 aromatic rings. The van der Waals surface area contributed by atoms with E-state index in [9.17, 15) is 43.9 Å². The fourth-order valence-corrected chi connectivity index (χ4v) is 3.54. The van der Waals surface area contributed by atoms with Gasteiger partial charge in [0.25, 0.3) is 0 Å². The molecule has 192 valence electrons. The lowest BCUT2D eigenvalue weighted by Crippen LogP contribution is -2.24. The van der Waals surface area contributed by atoms with Crippen LogP contribution in [-0.2, 0) is 6.11 Å². The highest BCUT2D eigenvalue weighted by molar-refractivity contribution is 5.67. The third kappa shape index (κ3) is 4.73. The minimum absolute atomic E-state index is 0.119. The van der Waals surface area contributed by atoms with E-state index in [2.05, 4.69) is 4.74 Å². The third-order valence-electron chi connectivity index (χ3n) is 5.44. The van der Waals surface area contributed by atoms with E-state index in [1.165, 1.54) is 6.92 Å². The molecule has 0 aliphatic rings. The number of benzene rings is 4. The molecule has 4 rings (SSSR count). The molecule has 4 aromatic carbocycles. The van der Waals surface area contributed by atoms with E-state index < -0.39 is 86.2 Å². The summed E-state index contributed by atoms with van der Waals surface area (Å²) in [4.78, 5) is 0. The zero-order chi connectivity index (χ0) is 27.2. The Labute approximate surface area is 202 Å². The first-order valence-corrected chi connectivity index (χ1v) is 10.3. The van der Waals surface area contributed by atoms with Gasteiger partial charge in [0.15, 0.2) is 40.7 Å². The van der Waals surface area contributed by atoms with Crippen LogP contribution in [0.2, 0.25) is 0 Å². The molecule has 0 amide bonds. The molecule has 0 aromatic heterocycles. The van der Waals surface area contributed by atoms with Crippen LogP contribution in [0.15, 0.2) is 54.6 Å². The molecular weight excluding hydrogens is 518 g/mol. The topological polar surface area (TPSA) is 9.23 Å². The van der Waals surface area contributed by atoms with Crippen LogP contribution in [0.4, 0.5) is 43.9 Å². The fourth-order valence-electron chi connectivity index (χ4n) is 3.54. The van der Waals surface area contributed by atoms with Crippen LogP contribution in [0.5, 0.6) is 5.75 Å². The second kappa shape index (κ2) is 9.45. The lowest BCUT2D eigenvalue weighted by molar-refractivity contribution is -0.187. The van der Waals surface area contributed by atoms with Gasteiger partial charge in [0, 0.05) is 22.8 Å². The summed E-state index contributed by atoms with van der Waals surface area (Å²) in [5.74, 6) is -14.1. The minimum Gasteiger partial charge on any atom is -0.429 e. The Balaban J connectivity index is 1.66. The van der Waals surface area contributed by atoms with Gasteiger partial charge in [0.2, 0.25) is 0 Å². The van der Waals surface area contributed by atoms with Crippen LogP contribution in [0.1, 0.15) is 11.1 Å². The van der Waals surface area contributed by atoms with Crippen molar-refractivity contribution in [1.29, 1.82) is 0 Å². The lowest BCUT2D eigenvalue weighted by Gasteiger charge is -2.20. The molecule has 0 aliphatic heterocycles. The number of hydrogen-bond acceptors (Lipinski definition) is 1. The zero-order valence-corrected chi connectivity index (χ0v) is 18.4. The van der Waals surface area contributed by atoms with Gasteiger partial charge in [-0.25, -0.2) is 35.1 Å². The average molecular weight is 530 g/mol. The first kappa shape index (κ1) is 26.1. The van der Waals surface area contributed by atoms with E-state index >= 15 is 0 Å². The summed E-state index contributed by atoms with van der Waals surface area (Å²) in [6, 6.07) is 5.91. The molecule has 0 atom stereocenters. The van der Waals surface area contributed by atoms with E-state index in [0.717, 1.165) is 24.3 Å². The van der Waals surface area contributed by atoms with Gasteiger partial charge < -0.3 is 4.74 Å². The molecular formula is C26H12F10O. The van der Waals surface area contributed by atoms with Gasteiger partial charge in [-0.05, 0) is 48.4 Å². The van der Waals surface area contributed by atoms with Gasteiger partial charge >= 0.3 is 6.11 Å². The quantitative estimate of drug-likeness (QED) is 0.186. The second-order valence-corrected chi connectivity index (χ2v) is 7.86. The first-order valence-electron chi connectivity index (χ1n) is 10.3. The predicted octanol–water partition coefficient (Wildman–Crippen LogP) is 8.57. The van der Waals surface area contributed by atoms with Gasteiger partial charge in [-0.15, -0.1) is 0 Å². The smallest absolute Gasteiger partial charge is 0.429 e. The maximum atomic E-state index is 14.7. The molecule has 0 saturated heterocycles. The standard InChI is InChI=1S/C26H12F10O/c1-11-2-4-15(22(31)21(11)30)16-6-7-17(24(33)23(16)32)26(35,36)37-13-3-5-14(18(27)10-13)12-8-19(28)25(34)20(29)9-12/h2-10H,1H3. The number of rotatable bonds is 5. The first-order chi connectivity index (χ1) is 17.3. The van der Waals surface area contributed by atoms with Gasteiger partial charge in [0.05, 0.1) is 0 Å². The highest BCUT2D eigenvalue weighted by Crippen LogP contribution is 2.38. The summed E-state index contributed by atoms with van der Waals surface area (Å²) in [6.07, 6.45) is -4.58. The Morgan fingerprint density at radius 3 is 1.68 bits per heavy atom. The van der Waals surface area contributed by atoms with E-state index in [-0.39, 0.29) is 5.56 Å². The van der Waals surface area contributed by atoms with Crippen LogP contribution in [0.25, 0.3) is 22.3 Å². The van der Waals surface area contributed by atoms with E-state index in [1.807, 2.05) is 0 Å². The predicted molar refractivity (Wildman–Crippen MR) is 113 cm³/mol. The molecule has 1 nitrogen and oxygen atoms in total. The molecule has 0 N–H and O–H groups in total. The van der Waals surface area contributed by atoms with Crippen molar-refractivity contribution in [2.75, 3.05) is 0 Å². The normalized spacial score (nSPS) is 11.6. The maximum Gasteiger partial charge on any atom is 0.429 e. The Bertz CT molecular complexity index is 1510. The summed E-state index contributed by atoms with van der Waals surface area (Å²) < 4.78 is 146. The SMILES string of the molecule is Cc1ccc(-c2ccc(C(F)(F)Oc3ccc(-c4cc(F)c(F)c(F)c4)c(F)c3)c(F)c2F)c(F)c1F. The van der Waals surface area contributed by atoms with E-state index in [1.54, 1.807) is 0 Å². The van der Waals surface area contributed by atoms with Crippen molar-refractivity contribution < 1.29 is 48.6 Å². The van der Waals surface area contributed by atoms with Crippen molar-refractivity contribution in [2.24, 2.45) is 0 Å². The van der Waals surface area contributed by atoms with Gasteiger partial charge in [-0.3, -0.25) is 0 Å². The monoisotopic (exact) mass is 530 g/mol. The molecule has 0 bridgehead atoms. The minimum atomic E-state index is -4.58. The Kier molecular flexibility index (Phi) is 6.66. The second-order valence-electron chi connectivity index (χ2n) is 7.86. The molecule has 0 spiro atoms. The number of aryl methyl sites for hydroxylation is 1. The summed E-state index contributed by atoms with van der Waals surface area (Å²) in [5, 5.41) is 0. The highest BCUT2D eigenvalue weighted by Gasteiger charge is 2.40. The Morgan fingerprint density at radius 1 is 0.541 bits per heavy atom. The Morgan fingerprint density at radius 2 is 1.08 bits per heavy atom. The summed E-state index contributed by atoms with van der Waals surface area (Å²) >= 11 is 0. The van der Waals surface area contributed by atoms with Crippen molar-refractivity contribution in [2.45, 2.75) is 13.0 Å². The molecule has 0 saturated carbocycles. The Hall–Kier alpha value is -4.02. The molecule has 0 heterocycles. The average Bonchev–Trinajstić information content (AvgIpc) is 2.82. The summed E-state index contributed by atoms with van der Waals surface area (Å²) in [5.41, 5.74) is -4.23. The molecule has 0 radical (unpaired) electrons. The van der Waals surface area contributed by atoms with Gasteiger partial charge in [0.1, 0.15) is 17.1 Å². The van der Waals surface area contributed by atoms with Crippen molar-refractivity contribution >= 4 is 0 Å². The summed E-state index contributed by atoms with van der Waals surface area (Å²) in [6.45, 7) is 1.23. The molecule has 11 heteroatoms. The number of alkyl halides is 2. The lowest BCUT2D eigenvalue weighted by atomic mass is 10.00. The third-order valence-corrected chi connectivity index (χ3v) is 5.44. The van der Waals surface area contributed by atoms with Gasteiger partial charge in [-0.2, -0.15) is 8.78 Å². The highest BCUT2D eigenvalue weighted by atomic mass is 19.3. The van der Waals surface area contributed by atoms with Crippen LogP contribution in [-0.4, -0.2) is 0 Å².